The van der Waals surface area contributed by atoms with Crippen LogP contribution in [0.2, 0.25) is 0 Å². The Morgan fingerprint density at radius 3 is 2.60 bits per heavy atom. The second kappa shape index (κ2) is 8.38. The number of alkyl halides is 1. The molecule has 2 atom stereocenters. The Hall–Kier alpha value is -0.0900. The maximum absolute atomic E-state index is 12.1. The lowest BCUT2D eigenvalue weighted by Crippen LogP contribution is -2.57. The van der Waals surface area contributed by atoms with Gasteiger partial charge in [-0.1, -0.05) is 29.3 Å². The molecular formula is C16H31BrN2O. The van der Waals surface area contributed by atoms with Crippen molar-refractivity contribution in [3.63, 3.8) is 0 Å². The van der Waals surface area contributed by atoms with Gasteiger partial charge in [-0.15, -0.1) is 0 Å². The fourth-order valence-corrected chi connectivity index (χ4v) is 3.32. The Morgan fingerprint density at radius 1 is 1.35 bits per heavy atom. The summed E-state index contributed by atoms with van der Waals surface area (Å²) in [7, 11) is 0. The molecule has 0 radical (unpaired) electrons. The zero-order chi connectivity index (χ0) is 15.2. The monoisotopic (exact) mass is 346 g/mol. The lowest BCUT2D eigenvalue weighted by molar-refractivity contribution is -0.123. The van der Waals surface area contributed by atoms with E-state index in [4.69, 9.17) is 0 Å². The summed E-state index contributed by atoms with van der Waals surface area (Å²) in [5, 5.41) is 4.27. The summed E-state index contributed by atoms with van der Waals surface area (Å²) in [6, 6.07) is 0.324. The molecule has 0 aliphatic carbocycles. The van der Waals surface area contributed by atoms with E-state index >= 15 is 0 Å². The number of halogens is 1. The van der Waals surface area contributed by atoms with Gasteiger partial charge in [0.05, 0.1) is 0 Å². The highest BCUT2D eigenvalue weighted by Crippen LogP contribution is 2.26. The summed E-state index contributed by atoms with van der Waals surface area (Å²) in [4.78, 5) is 14.6. The molecular weight excluding hydrogens is 316 g/mol. The SMILES string of the molecule is CC[C@@H]1CCN(C(C)(C)C)C[C@H]1NC(=O)CCCCBr. The predicted octanol–water partition coefficient (Wildman–Crippen LogP) is 3.57. The molecule has 0 saturated carbocycles. The van der Waals surface area contributed by atoms with Gasteiger partial charge in [0.2, 0.25) is 5.91 Å². The van der Waals surface area contributed by atoms with Crippen LogP contribution in [0.5, 0.6) is 0 Å². The smallest absolute Gasteiger partial charge is 0.220 e. The second-order valence-electron chi connectivity index (χ2n) is 6.89. The molecule has 20 heavy (non-hydrogen) atoms. The summed E-state index contributed by atoms with van der Waals surface area (Å²) in [6.07, 6.45) is 5.06. The first-order valence-electron chi connectivity index (χ1n) is 7.98. The number of piperidine rings is 1. The fourth-order valence-electron chi connectivity index (χ4n) is 2.92. The molecule has 0 aromatic carbocycles. The minimum Gasteiger partial charge on any atom is -0.352 e. The third-order valence-electron chi connectivity index (χ3n) is 4.36. The van der Waals surface area contributed by atoms with Gasteiger partial charge in [0.1, 0.15) is 0 Å². The van der Waals surface area contributed by atoms with Crippen LogP contribution in [-0.2, 0) is 4.79 Å². The minimum absolute atomic E-state index is 0.192. The topological polar surface area (TPSA) is 32.3 Å². The number of unbranched alkanes of at least 4 members (excludes halogenated alkanes) is 1. The molecule has 0 bridgehead atoms. The van der Waals surface area contributed by atoms with E-state index in [2.05, 4.69) is 53.8 Å². The summed E-state index contributed by atoms with van der Waals surface area (Å²) in [6.45, 7) is 11.2. The Balaban J connectivity index is 2.52. The van der Waals surface area contributed by atoms with Crippen LogP contribution in [0.3, 0.4) is 0 Å². The Bertz CT molecular complexity index is 301. The zero-order valence-electron chi connectivity index (χ0n) is 13.5. The van der Waals surface area contributed by atoms with Crippen LogP contribution in [0.15, 0.2) is 0 Å². The van der Waals surface area contributed by atoms with E-state index in [9.17, 15) is 4.79 Å². The van der Waals surface area contributed by atoms with Gasteiger partial charge in [-0.2, -0.15) is 0 Å². The van der Waals surface area contributed by atoms with Gasteiger partial charge >= 0.3 is 0 Å². The molecule has 1 rings (SSSR count). The Kier molecular flexibility index (Phi) is 7.52. The highest BCUT2D eigenvalue weighted by molar-refractivity contribution is 9.09. The van der Waals surface area contributed by atoms with Gasteiger partial charge in [0.15, 0.2) is 0 Å². The van der Waals surface area contributed by atoms with E-state index in [1.807, 2.05) is 0 Å². The molecule has 0 aromatic heterocycles. The first kappa shape index (κ1) is 18.0. The van der Waals surface area contributed by atoms with Gasteiger partial charge in [0, 0.05) is 29.9 Å². The van der Waals surface area contributed by atoms with Crippen molar-refractivity contribution in [2.75, 3.05) is 18.4 Å². The largest absolute Gasteiger partial charge is 0.352 e. The molecule has 3 nitrogen and oxygen atoms in total. The molecule has 1 fully saturated rings. The predicted molar refractivity (Wildman–Crippen MR) is 89.3 cm³/mol. The third kappa shape index (κ3) is 5.72. The number of amides is 1. The third-order valence-corrected chi connectivity index (χ3v) is 4.92. The molecule has 1 aliphatic rings. The minimum atomic E-state index is 0.192. The van der Waals surface area contributed by atoms with E-state index < -0.39 is 0 Å². The second-order valence-corrected chi connectivity index (χ2v) is 7.69. The zero-order valence-corrected chi connectivity index (χ0v) is 15.1. The summed E-state index contributed by atoms with van der Waals surface area (Å²) < 4.78 is 0. The van der Waals surface area contributed by atoms with Crippen molar-refractivity contribution in [2.24, 2.45) is 5.92 Å². The van der Waals surface area contributed by atoms with Gasteiger partial charge in [0.25, 0.3) is 0 Å². The van der Waals surface area contributed by atoms with Gasteiger partial charge in [-0.05, 0) is 52.5 Å². The summed E-state index contributed by atoms with van der Waals surface area (Å²) in [5.41, 5.74) is 0.192. The van der Waals surface area contributed by atoms with E-state index in [1.165, 1.54) is 6.42 Å². The summed E-state index contributed by atoms with van der Waals surface area (Å²) in [5.74, 6) is 0.860. The van der Waals surface area contributed by atoms with Gasteiger partial charge < -0.3 is 5.32 Å². The molecule has 1 aliphatic heterocycles. The van der Waals surface area contributed by atoms with Crippen molar-refractivity contribution in [1.29, 1.82) is 0 Å². The molecule has 1 N–H and O–H groups in total. The summed E-state index contributed by atoms with van der Waals surface area (Å²) >= 11 is 3.41. The Morgan fingerprint density at radius 2 is 2.05 bits per heavy atom. The first-order chi connectivity index (χ1) is 9.38. The maximum atomic E-state index is 12.1. The van der Waals surface area contributed by atoms with Crippen molar-refractivity contribution in [1.82, 2.24) is 10.2 Å². The number of nitrogens with zero attached hydrogens (tertiary/aromatic N) is 1. The normalized spacial score (nSPS) is 24.6. The number of carbonyl (C=O) groups excluding carboxylic acids is 1. The van der Waals surface area contributed by atoms with Crippen molar-refractivity contribution in [3.8, 4) is 0 Å². The average molecular weight is 347 g/mol. The lowest BCUT2D eigenvalue weighted by atomic mass is 9.87. The van der Waals surface area contributed by atoms with Crippen LogP contribution in [0.25, 0.3) is 0 Å². The molecule has 1 amide bonds. The molecule has 0 aromatic rings. The van der Waals surface area contributed by atoms with Crippen LogP contribution in [0, 0.1) is 5.92 Å². The number of nitrogens with one attached hydrogen (secondary N) is 1. The van der Waals surface area contributed by atoms with Crippen LogP contribution < -0.4 is 5.32 Å². The van der Waals surface area contributed by atoms with Crippen LogP contribution in [0.1, 0.15) is 59.8 Å². The van der Waals surface area contributed by atoms with Crippen molar-refractivity contribution < 1.29 is 4.79 Å². The standard InChI is InChI=1S/C16H31BrN2O/c1-5-13-9-11-19(16(2,3)4)12-14(13)18-15(20)8-6-7-10-17/h13-14H,5-12H2,1-4H3,(H,18,20)/t13-,14-/m1/s1. The number of carbonyl (C=O) groups is 1. The van der Waals surface area contributed by atoms with Crippen LogP contribution in [-0.4, -0.2) is 40.8 Å². The van der Waals surface area contributed by atoms with Crippen molar-refractivity contribution >= 4 is 21.8 Å². The number of hydrogen-bond donors (Lipinski definition) is 1. The molecule has 4 heteroatoms. The molecule has 1 heterocycles. The van der Waals surface area contributed by atoms with Crippen LogP contribution >= 0.6 is 15.9 Å². The highest BCUT2D eigenvalue weighted by Gasteiger charge is 2.33. The lowest BCUT2D eigenvalue weighted by Gasteiger charge is -2.45. The number of rotatable bonds is 6. The number of likely N-dealkylation sites (tertiary alicyclic amines) is 1. The quantitative estimate of drug-likeness (QED) is 0.589. The van der Waals surface area contributed by atoms with E-state index in [-0.39, 0.29) is 11.4 Å². The van der Waals surface area contributed by atoms with Gasteiger partial charge in [-0.3, -0.25) is 9.69 Å². The van der Waals surface area contributed by atoms with Gasteiger partial charge in [-0.25, -0.2) is 0 Å². The van der Waals surface area contributed by atoms with Crippen molar-refractivity contribution in [3.05, 3.63) is 0 Å². The Labute approximate surface area is 133 Å². The molecule has 0 unspecified atom stereocenters. The highest BCUT2D eigenvalue weighted by atomic mass is 79.9. The molecule has 118 valence electrons. The first-order valence-corrected chi connectivity index (χ1v) is 9.11. The number of hydrogen-bond acceptors (Lipinski definition) is 2. The van der Waals surface area contributed by atoms with Crippen LogP contribution in [0.4, 0.5) is 0 Å². The van der Waals surface area contributed by atoms with Crippen molar-refractivity contribution in [2.45, 2.75) is 71.4 Å². The molecule has 0 spiro atoms. The average Bonchev–Trinajstić information content (AvgIpc) is 2.38. The van der Waals surface area contributed by atoms with E-state index in [0.29, 0.717) is 18.4 Å². The maximum Gasteiger partial charge on any atom is 0.220 e. The van der Waals surface area contributed by atoms with E-state index in [0.717, 1.165) is 37.7 Å². The van der Waals surface area contributed by atoms with E-state index in [1.54, 1.807) is 0 Å². The fraction of sp³-hybridized carbons (Fsp3) is 0.938. The molecule has 1 saturated heterocycles.